The van der Waals surface area contributed by atoms with Crippen molar-refractivity contribution in [2.45, 2.75) is 20.3 Å². The average Bonchev–Trinajstić information content (AvgIpc) is 2.54. The number of rotatable bonds is 5. The zero-order valence-corrected chi connectivity index (χ0v) is 13.5. The monoisotopic (exact) mass is 332 g/mol. The number of nitrogens with one attached hydrogen (secondary N) is 1. The number of nitrogens with zero attached hydrogens (tertiary/aromatic N) is 1. The molecule has 0 spiro atoms. The summed E-state index contributed by atoms with van der Waals surface area (Å²) in [6.07, 6.45) is 0.717. The number of para-hydroxylation sites is 2. The average molecular weight is 332 g/mol. The van der Waals surface area contributed by atoms with Crippen LogP contribution in [0.4, 0.5) is 20.2 Å². The lowest BCUT2D eigenvalue weighted by Crippen LogP contribution is -2.38. The van der Waals surface area contributed by atoms with Crippen LogP contribution in [0.1, 0.15) is 19.4 Å². The number of aryl methyl sites for hydroxylation is 1. The maximum absolute atomic E-state index is 13.9. The minimum absolute atomic E-state index is 0.481. The van der Waals surface area contributed by atoms with E-state index in [4.69, 9.17) is 0 Å². The van der Waals surface area contributed by atoms with E-state index in [-0.39, 0.29) is 0 Å². The fourth-order valence-electron chi connectivity index (χ4n) is 2.38. The molecule has 0 aromatic heterocycles. The Morgan fingerprint density at radius 2 is 1.67 bits per heavy atom. The van der Waals surface area contributed by atoms with Gasteiger partial charge in [-0.15, -0.1) is 0 Å². The van der Waals surface area contributed by atoms with Crippen molar-refractivity contribution in [1.82, 2.24) is 0 Å². The van der Waals surface area contributed by atoms with Crippen LogP contribution < -0.4 is 10.2 Å². The Morgan fingerprint density at radius 3 is 2.25 bits per heavy atom. The Morgan fingerprint density at radius 1 is 1.04 bits per heavy atom. The molecular formula is C18H18F2N2O2. The highest BCUT2D eigenvalue weighted by molar-refractivity contribution is 6.02. The second-order valence-corrected chi connectivity index (χ2v) is 5.23. The van der Waals surface area contributed by atoms with Crippen molar-refractivity contribution >= 4 is 23.2 Å². The number of anilines is 2. The van der Waals surface area contributed by atoms with Crippen molar-refractivity contribution in [2.75, 3.05) is 16.8 Å². The van der Waals surface area contributed by atoms with Crippen LogP contribution in [0.15, 0.2) is 42.5 Å². The fraction of sp³-hybridized carbons (Fsp3) is 0.222. The number of benzene rings is 2. The van der Waals surface area contributed by atoms with Gasteiger partial charge in [0.1, 0.15) is 23.9 Å². The van der Waals surface area contributed by atoms with E-state index in [2.05, 4.69) is 5.32 Å². The minimum atomic E-state index is -0.896. The Kier molecular flexibility index (Phi) is 5.63. The lowest BCUT2D eigenvalue weighted by Gasteiger charge is -2.22. The summed E-state index contributed by atoms with van der Waals surface area (Å²) in [5.41, 5.74) is 1.02. The molecule has 0 saturated carbocycles. The number of amides is 2. The van der Waals surface area contributed by atoms with Crippen LogP contribution in [-0.4, -0.2) is 18.4 Å². The third-order valence-electron chi connectivity index (χ3n) is 3.56. The van der Waals surface area contributed by atoms with Gasteiger partial charge in [-0.1, -0.05) is 31.2 Å². The third-order valence-corrected chi connectivity index (χ3v) is 3.56. The van der Waals surface area contributed by atoms with Crippen molar-refractivity contribution in [3.05, 3.63) is 59.7 Å². The summed E-state index contributed by atoms with van der Waals surface area (Å²) >= 11 is 0. The predicted octanol–water partition coefficient (Wildman–Crippen LogP) is 3.52. The minimum Gasteiger partial charge on any atom is -0.324 e. The fourth-order valence-corrected chi connectivity index (χ4v) is 2.38. The summed E-state index contributed by atoms with van der Waals surface area (Å²) < 4.78 is 27.8. The van der Waals surface area contributed by atoms with E-state index in [9.17, 15) is 18.4 Å². The van der Waals surface area contributed by atoms with Gasteiger partial charge in [0.05, 0.1) is 0 Å². The molecule has 2 aromatic carbocycles. The van der Waals surface area contributed by atoms with Gasteiger partial charge in [-0.3, -0.25) is 14.5 Å². The molecular weight excluding hydrogens is 314 g/mol. The zero-order chi connectivity index (χ0) is 17.7. The first-order valence-electron chi connectivity index (χ1n) is 7.54. The van der Waals surface area contributed by atoms with Crippen LogP contribution in [-0.2, 0) is 16.0 Å². The topological polar surface area (TPSA) is 49.4 Å². The first kappa shape index (κ1) is 17.6. The van der Waals surface area contributed by atoms with Gasteiger partial charge in [0.25, 0.3) is 0 Å². The zero-order valence-electron chi connectivity index (χ0n) is 13.5. The summed E-state index contributed by atoms with van der Waals surface area (Å²) in [6, 6.07) is 10.5. The molecule has 0 atom stereocenters. The Hall–Kier alpha value is -2.76. The van der Waals surface area contributed by atoms with E-state index in [1.807, 2.05) is 19.1 Å². The molecule has 0 aliphatic rings. The Labute approximate surface area is 139 Å². The maximum atomic E-state index is 13.9. The van der Waals surface area contributed by atoms with E-state index in [1.54, 1.807) is 12.1 Å². The van der Waals surface area contributed by atoms with E-state index >= 15 is 0 Å². The van der Waals surface area contributed by atoms with Gasteiger partial charge in [0.15, 0.2) is 0 Å². The van der Waals surface area contributed by atoms with E-state index < -0.39 is 35.7 Å². The molecule has 4 nitrogen and oxygen atoms in total. The lowest BCUT2D eigenvalue weighted by atomic mass is 10.1. The van der Waals surface area contributed by atoms with Crippen molar-refractivity contribution < 1.29 is 18.4 Å². The maximum Gasteiger partial charge on any atom is 0.244 e. The van der Waals surface area contributed by atoms with E-state index in [0.29, 0.717) is 5.69 Å². The number of hydrogen-bond acceptors (Lipinski definition) is 2. The molecule has 0 bridgehead atoms. The van der Waals surface area contributed by atoms with Gasteiger partial charge < -0.3 is 5.32 Å². The first-order valence-corrected chi connectivity index (χ1v) is 7.54. The molecule has 0 fully saturated rings. The SMILES string of the molecule is CCc1ccccc1NC(=O)CN(C(C)=O)c1c(F)cccc1F. The molecule has 0 aliphatic carbocycles. The van der Waals surface area contributed by atoms with E-state index in [0.717, 1.165) is 35.9 Å². The van der Waals surface area contributed by atoms with Gasteiger partial charge in [-0.05, 0) is 30.2 Å². The van der Waals surface area contributed by atoms with E-state index in [1.165, 1.54) is 6.07 Å². The molecule has 6 heteroatoms. The molecule has 2 rings (SSSR count). The third kappa shape index (κ3) is 3.95. The summed E-state index contributed by atoms with van der Waals surface area (Å²) in [6.45, 7) is 2.62. The quantitative estimate of drug-likeness (QED) is 0.911. The summed E-state index contributed by atoms with van der Waals surface area (Å²) in [7, 11) is 0. The van der Waals surface area contributed by atoms with Crippen LogP contribution in [0.5, 0.6) is 0 Å². The normalized spacial score (nSPS) is 10.3. The van der Waals surface area contributed by atoms with Crippen LogP contribution in [0, 0.1) is 11.6 Å². The molecule has 0 heterocycles. The molecule has 0 radical (unpaired) electrons. The van der Waals surface area contributed by atoms with Crippen molar-refractivity contribution in [3.8, 4) is 0 Å². The molecule has 1 N–H and O–H groups in total. The summed E-state index contributed by atoms with van der Waals surface area (Å²) in [5.74, 6) is -2.95. The highest BCUT2D eigenvalue weighted by Crippen LogP contribution is 2.23. The van der Waals surface area contributed by atoms with Gasteiger partial charge in [0, 0.05) is 12.6 Å². The van der Waals surface area contributed by atoms with Crippen LogP contribution in [0.2, 0.25) is 0 Å². The number of hydrogen-bond donors (Lipinski definition) is 1. The summed E-state index contributed by atoms with van der Waals surface area (Å²) in [5, 5.41) is 2.68. The predicted molar refractivity (Wildman–Crippen MR) is 88.8 cm³/mol. The first-order chi connectivity index (χ1) is 11.4. The second kappa shape index (κ2) is 7.68. The number of halogens is 2. The molecule has 2 amide bonds. The van der Waals surface area contributed by atoms with Gasteiger partial charge in [0.2, 0.25) is 11.8 Å². The highest BCUT2D eigenvalue weighted by Gasteiger charge is 2.22. The molecule has 24 heavy (non-hydrogen) atoms. The smallest absolute Gasteiger partial charge is 0.244 e. The largest absolute Gasteiger partial charge is 0.324 e. The lowest BCUT2D eigenvalue weighted by molar-refractivity contribution is -0.120. The molecule has 126 valence electrons. The van der Waals surface area contributed by atoms with Crippen LogP contribution >= 0.6 is 0 Å². The van der Waals surface area contributed by atoms with Gasteiger partial charge in [-0.25, -0.2) is 8.78 Å². The van der Waals surface area contributed by atoms with Crippen molar-refractivity contribution in [1.29, 1.82) is 0 Å². The second-order valence-electron chi connectivity index (χ2n) is 5.23. The standard InChI is InChI=1S/C18H18F2N2O2/c1-3-13-7-4-5-10-16(13)21-17(24)11-22(12(2)23)18-14(19)8-6-9-15(18)20/h4-10H,3,11H2,1-2H3,(H,21,24). The van der Waals surface area contributed by atoms with Gasteiger partial charge >= 0.3 is 0 Å². The van der Waals surface area contributed by atoms with Crippen LogP contribution in [0.25, 0.3) is 0 Å². The van der Waals surface area contributed by atoms with Crippen LogP contribution in [0.3, 0.4) is 0 Å². The number of carbonyl (C=O) groups excluding carboxylic acids is 2. The molecule has 2 aromatic rings. The van der Waals surface area contributed by atoms with Crippen molar-refractivity contribution in [3.63, 3.8) is 0 Å². The molecule has 0 unspecified atom stereocenters. The Bertz CT molecular complexity index is 742. The molecule has 0 aliphatic heterocycles. The highest BCUT2D eigenvalue weighted by atomic mass is 19.1. The summed E-state index contributed by atoms with van der Waals surface area (Å²) in [4.78, 5) is 24.8. The van der Waals surface area contributed by atoms with Crippen molar-refractivity contribution in [2.24, 2.45) is 0 Å². The molecule has 0 saturated heterocycles. The number of carbonyl (C=O) groups is 2. The Balaban J connectivity index is 2.22. The van der Waals surface area contributed by atoms with Gasteiger partial charge in [-0.2, -0.15) is 0 Å².